The molecule has 0 heterocycles. The maximum atomic E-state index is 6.37. The summed E-state index contributed by atoms with van der Waals surface area (Å²) in [7, 11) is 8.26. The van der Waals surface area contributed by atoms with E-state index in [0.717, 1.165) is 59.8 Å². The fourth-order valence-electron chi connectivity index (χ4n) is 4.51. The third kappa shape index (κ3) is 7.38. The van der Waals surface area contributed by atoms with Crippen LogP contribution in [-0.2, 0) is 25.7 Å². The average molecular weight is 529 g/mol. The SMILES string of the molecule is COc1cccc(CCc2cccc(Oc3cc(CCc4cc(OC)cc(OC)c4)cc(OC)c3OC)c2)c1. The van der Waals surface area contributed by atoms with Gasteiger partial charge in [0.15, 0.2) is 11.5 Å². The molecule has 0 aliphatic heterocycles. The molecule has 0 saturated carbocycles. The monoisotopic (exact) mass is 528 g/mol. The maximum Gasteiger partial charge on any atom is 0.203 e. The molecule has 0 aromatic heterocycles. The average Bonchev–Trinajstić information content (AvgIpc) is 2.98. The number of ether oxygens (including phenoxy) is 6. The molecule has 0 amide bonds. The van der Waals surface area contributed by atoms with Crippen molar-refractivity contribution in [3.63, 3.8) is 0 Å². The van der Waals surface area contributed by atoms with E-state index >= 15 is 0 Å². The molecule has 0 unspecified atom stereocenters. The topological polar surface area (TPSA) is 55.4 Å². The molecule has 0 bridgehead atoms. The third-order valence-corrected chi connectivity index (χ3v) is 6.58. The van der Waals surface area contributed by atoms with Crippen LogP contribution < -0.4 is 28.4 Å². The van der Waals surface area contributed by atoms with Crippen molar-refractivity contribution in [2.75, 3.05) is 35.5 Å². The first kappa shape index (κ1) is 27.7. The largest absolute Gasteiger partial charge is 0.497 e. The van der Waals surface area contributed by atoms with Crippen LogP contribution in [0.3, 0.4) is 0 Å². The van der Waals surface area contributed by atoms with Crippen molar-refractivity contribution < 1.29 is 28.4 Å². The molecular weight excluding hydrogens is 492 g/mol. The van der Waals surface area contributed by atoms with Gasteiger partial charge < -0.3 is 28.4 Å². The molecule has 0 fully saturated rings. The summed E-state index contributed by atoms with van der Waals surface area (Å²) in [4.78, 5) is 0. The second-order valence-corrected chi connectivity index (χ2v) is 9.15. The number of hydrogen-bond donors (Lipinski definition) is 0. The van der Waals surface area contributed by atoms with E-state index in [2.05, 4.69) is 24.3 Å². The number of methoxy groups -OCH3 is 5. The maximum absolute atomic E-state index is 6.37. The molecule has 6 nitrogen and oxygen atoms in total. The second-order valence-electron chi connectivity index (χ2n) is 9.15. The van der Waals surface area contributed by atoms with Crippen molar-refractivity contribution in [2.24, 2.45) is 0 Å². The molecule has 0 aliphatic carbocycles. The van der Waals surface area contributed by atoms with Crippen LogP contribution in [0.5, 0.6) is 40.2 Å². The van der Waals surface area contributed by atoms with Gasteiger partial charge >= 0.3 is 0 Å². The van der Waals surface area contributed by atoms with Crippen LogP contribution in [0.4, 0.5) is 0 Å². The molecule has 0 N–H and O–H groups in total. The Morgan fingerprint density at radius 2 is 0.897 bits per heavy atom. The predicted molar refractivity (Wildman–Crippen MR) is 153 cm³/mol. The van der Waals surface area contributed by atoms with Crippen LogP contribution in [-0.4, -0.2) is 35.5 Å². The lowest BCUT2D eigenvalue weighted by Gasteiger charge is -2.16. The van der Waals surface area contributed by atoms with E-state index in [-0.39, 0.29) is 0 Å². The quantitative estimate of drug-likeness (QED) is 0.185. The highest BCUT2D eigenvalue weighted by Gasteiger charge is 2.16. The molecule has 0 aliphatic rings. The molecular formula is C33H36O6. The Morgan fingerprint density at radius 3 is 1.46 bits per heavy atom. The summed E-state index contributed by atoms with van der Waals surface area (Å²) in [5.41, 5.74) is 4.60. The van der Waals surface area contributed by atoms with E-state index in [1.165, 1.54) is 11.1 Å². The summed E-state index contributed by atoms with van der Waals surface area (Å²) in [6.07, 6.45) is 3.35. The van der Waals surface area contributed by atoms with Crippen LogP contribution in [0.1, 0.15) is 22.3 Å². The zero-order chi connectivity index (χ0) is 27.6. The number of rotatable bonds is 13. The van der Waals surface area contributed by atoms with Crippen LogP contribution in [0, 0.1) is 0 Å². The Morgan fingerprint density at radius 1 is 0.410 bits per heavy atom. The van der Waals surface area contributed by atoms with Gasteiger partial charge in [-0.3, -0.25) is 0 Å². The fraction of sp³-hybridized carbons (Fsp3) is 0.273. The van der Waals surface area contributed by atoms with Gasteiger partial charge in [-0.25, -0.2) is 0 Å². The van der Waals surface area contributed by atoms with Crippen LogP contribution in [0.15, 0.2) is 78.9 Å². The van der Waals surface area contributed by atoms with Gasteiger partial charge in [0.25, 0.3) is 0 Å². The third-order valence-electron chi connectivity index (χ3n) is 6.58. The van der Waals surface area contributed by atoms with Gasteiger partial charge in [0, 0.05) is 6.07 Å². The van der Waals surface area contributed by atoms with Gasteiger partial charge in [0.2, 0.25) is 5.75 Å². The van der Waals surface area contributed by atoms with E-state index in [4.69, 9.17) is 28.4 Å². The van der Waals surface area contributed by atoms with Crippen LogP contribution in [0.2, 0.25) is 0 Å². The lowest BCUT2D eigenvalue weighted by Crippen LogP contribution is -1.99. The highest BCUT2D eigenvalue weighted by atomic mass is 16.5. The summed E-state index contributed by atoms with van der Waals surface area (Å²) in [6.45, 7) is 0. The Bertz CT molecular complexity index is 1360. The Balaban J connectivity index is 1.52. The first-order valence-electron chi connectivity index (χ1n) is 12.9. The number of benzene rings is 4. The predicted octanol–water partition coefficient (Wildman–Crippen LogP) is 7.09. The minimum absolute atomic E-state index is 0.561. The second kappa shape index (κ2) is 13.5. The van der Waals surface area contributed by atoms with Gasteiger partial charge in [-0.1, -0.05) is 24.3 Å². The molecule has 4 aromatic carbocycles. The van der Waals surface area contributed by atoms with E-state index in [9.17, 15) is 0 Å². The lowest BCUT2D eigenvalue weighted by atomic mass is 10.0. The molecule has 0 atom stereocenters. The normalized spacial score (nSPS) is 10.6. The molecule has 0 spiro atoms. The van der Waals surface area contributed by atoms with Gasteiger partial charge in [-0.2, -0.15) is 0 Å². The number of aryl methyl sites for hydroxylation is 4. The Hall–Kier alpha value is -4.32. The highest BCUT2D eigenvalue weighted by Crippen LogP contribution is 2.41. The standard InChI is InChI=1S/C33H36O6/c1-34-27-10-6-8-23(16-27)12-13-24-9-7-11-28(17-24)39-32-21-26(20-31(37-4)33(32)38-5)15-14-25-18-29(35-2)22-30(19-25)36-3/h6-11,16-22H,12-15H2,1-5H3. The zero-order valence-corrected chi connectivity index (χ0v) is 23.3. The van der Waals surface area contributed by atoms with Crippen LogP contribution >= 0.6 is 0 Å². The minimum atomic E-state index is 0.561. The smallest absolute Gasteiger partial charge is 0.203 e. The van der Waals surface area contributed by atoms with Crippen molar-refractivity contribution in [1.29, 1.82) is 0 Å². The highest BCUT2D eigenvalue weighted by molar-refractivity contribution is 5.55. The Kier molecular flexibility index (Phi) is 9.57. The summed E-state index contributed by atoms with van der Waals surface area (Å²) in [5, 5.41) is 0. The summed E-state index contributed by atoms with van der Waals surface area (Å²) in [6, 6.07) is 26.3. The van der Waals surface area contributed by atoms with Gasteiger partial charge in [-0.05, 0) is 96.5 Å². The molecule has 204 valence electrons. The van der Waals surface area contributed by atoms with E-state index < -0.39 is 0 Å². The fourth-order valence-corrected chi connectivity index (χ4v) is 4.51. The summed E-state index contributed by atoms with van der Waals surface area (Å²) >= 11 is 0. The van der Waals surface area contributed by atoms with Crippen molar-refractivity contribution in [3.8, 4) is 40.2 Å². The van der Waals surface area contributed by atoms with Crippen molar-refractivity contribution >= 4 is 0 Å². The first-order chi connectivity index (χ1) is 19.0. The van der Waals surface area contributed by atoms with Crippen molar-refractivity contribution in [3.05, 3.63) is 101 Å². The minimum Gasteiger partial charge on any atom is -0.497 e. The van der Waals surface area contributed by atoms with Gasteiger partial charge in [0.1, 0.15) is 23.0 Å². The molecule has 0 saturated heterocycles. The zero-order valence-electron chi connectivity index (χ0n) is 23.3. The van der Waals surface area contributed by atoms with Gasteiger partial charge in [0.05, 0.1) is 35.5 Å². The summed E-state index contributed by atoms with van der Waals surface area (Å²) < 4.78 is 33.9. The van der Waals surface area contributed by atoms with Gasteiger partial charge in [-0.15, -0.1) is 0 Å². The van der Waals surface area contributed by atoms with Crippen molar-refractivity contribution in [1.82, 2.24) is 0 Å². The molecule has 4 aromatic rings. The van der Waals surface area contributed by atoms with E-state index in [1.807, 2.05) is 54.6 Å². The summed E-state index contributed by atoms with van der Waals surface area (Å²) in [5.74, 6) is 4.96. The number of hydrogen-bond acceptors (Lipinski definition) is 6. The van der Waals surface area contributed by atoms with E-state index in [1.54, 1.807) is 35.5 Å². The Labute approximate surface area is 231 Å². The van der Waals surface area contributed by atoms with Crippen LogP contribution in [0.25, 0.3) is 0 Å². The lowest BCUT2D eigenvalue weighted by molar-refractivity contribution is 0.335. The van der Waals surface area contributed by atoms with E-state index in [0.29, 0.717) is 17.2 Å². The first-order valence-corrected chi connectivity index (χ1v) is 12.9. The molecule has 4 rings (SSSR count). The molecule has 39 heavy (non-hydrogen) atoms. The molecule has 6 heteroatoms. The van der Waals surface area contributed by atoms with Crippen molar-refractivity contribution in [2.45, 2.75) is 25.7 Å². The molecule has 0 radical (unpaired) electrons.